The molecule has 2 bridgehead atoms. The Hall–Kier alpha value is -0.790. The van der Waals surface area contributed by atoms with Crippen molar-refractivity contribution in [2.24, 2.45) is 11.8 Å². The molecule has 1 unspecified atom stereocenters. The van der Waals surface area contributed by atoms with Gasteiger partial charge in [-0.2, -0.15) is 0 Å². The number of amides is 1. The summed E-state index contributed by atoms with van der Waals surface area (Å²) < 4.78 is 0. The maximum atomic E-state index is 11.0. The van der Waals surface area contributed by atoms with E-state index in [9.17, 15) is 4.79 Å². The molecular weight excluding hydrogens is 150 g/mol. The van der Waals surface area contributed by atoms with Gasteiger partial charge in [-0.25, -0.2) is 0 Å². The summed E-state index contributed by atoms with van der Waals surface area (Å²) in [7, 11) is 0. The summed E-state index contributed by atoms with van der Waals surface area (Å²) in [5.41, 5.74) is 0. The standard InChI is InChI=1S/C10H15NO/c1-2-10(12)11-9-6-7-3-4-8(9)5-7/h2,7-9H,1,3-6H2,(H,11,12)/t7-,8+,9?/m1/s1. The van der Waals surface area contributed by atoms with Crippen LogP contribution in [0.5, 0.6) is 0 Å². The second-order valence-corrected chi connectivity index (χ2v) is 3.99. The second-order valence-electron chi connectivity index (χ2n) is 3.99. The highest BCUT2D eigenvalue weighted by atomic mass is 16.1. The lowest BCUT2D eigenvalue weighted by molar-refractivity contribution is -0.117. The van der Waals surface area contributed by atoms with Crippen molar-refractivity contribution in [1.82, 2.24) is 5.32 Å². The predicted octanol–water partition coefficient (Wildman–Crippen LogP) is 1.48. The third-order valence-electron chi connectivity index (χ3n) is 3.25. The number of nitrogens with one attached hydrogen (secondary N) is 1. The molecule has 0 aliphatic heterocycles. The zero-order valence-electron chi connectivity index (χ0n) is 7.25. The van der Waals surface area contributed by atoms with E-state index in [2.05, 4.69) is 11.9 Å². The molecule has 66 valence electrons. The van der Waals surface area contributed by atoms with Crippen molar-refractivity contribution in [3.05, 3.63) is 12.7 Å². The molecule has 2 aliphatic carbocycles. The molecule has 2 aliphatic rings. The van der Waals surface area contributed by atoms with Crippen LogP contribution in [0.2, 0.25) is 0 Å². The minimum atomic E-state index is -0.00690. The van der Waals surface area contributed by atoms with Gasteiger partial charge in [0.05, 0.1) is 0 Å². The molecule has 0 aromatic carbocycles. The van der Waals surface area contributed by atoms with Crippen molar-refractivity contribution in [2.75, 3.05) is 0 Å². The number of fused-ring (bicyclic) bond motifs is 2. The monoisotopic (exact) mass is 165 g/mol. The van der Waals surface area contributed by atoms with Crippen molar-refractivity contribution in [1.29, 1.82) is 0 Å². The Bertz CT molecular complexity index is 212. The lowest BCUT2D eigenvalue weighted by Crippen LogP contribution is -2.37. The zero-order chi connectivity index (χ0) is 8.55. The number of carbonyl (C=O) groups excluding carboxylic acids is 1. The van der Waals surface area contributed by atoms with Gasteiger partial charge in [-0.15, -0.1) is 0 Å². The van der Waals surface area contributed by atoms with E-state index in [0.29, 0.717) is 6.04 Å². The summed E-state index contributed by atoms with van der Waals surface area (Å²) in [6.45, 7) is 3.45. The summed E-state index contributed by atoms with van der Waals surface area (Å²) in [5.74, 6) is 1.65. The topological polar surface area (TPSA) is 29.1 Å². The first-order valence-corrected chi connectivity index (χ1v) is 4.72. The third-order valence-corrected chi connectivity index (χ3v) is 3.25. The molecule has 0 radical (unpaired) electrons. The highest BCUT2D eigenvalue weighted by molar-refractivity contribution is 5.87. The Kier molecular flexibility index (Phi) is 1.91. The van der Waals surface area contributed by atoms with Gasteiger partial charge < -0.3 is 5.32 Å². The first kappa shape index (κ1) is 7.84. The summed E-state index contributed by atoms with van der Waals surface area (Å²) in [4.78, 5) is 11.0. The lowest BCUT2D eigenvalue weighted by atomic mass is 9.95. The van der Waals surface area contributed by atoms with Crippen LogP contribution in [0.1, 0.15) is 25.7 Å². The van der Waals surface area contributed by atoms with E-state index in [1.807, 2.05) is 0 Å². The Morgan fingerprint density at radius 3 is 2.75 bits per heavy atom. The van der Waals surface area contributed by atoms with Crippen LogP contribution >= 0.6 is 0 Å². The number of hydrogen-bond acceptors (Lipinski definition) is 1. The van der Waals surface area contributed by atoms with Crippen LogP contribution in [0, 0.1) is 11.8 Å². The van der Waals surface area contributed by atoms with E-state index >= 15 is 0 Å². The molecule has 2 saturated carbocycles. The molecule has 2 heteroatoms. The van der Waals surface area contributed by atoms with Crippen molar-refractivity contribution in [3.63, 3.8) is 0 Å². The first-order chi connectivity index (χ1) is 5.79. The fraction of sp³-hybridized carbons (Fsp3) is 0.700. The Balaban J connectivity index is 1.90. The van der Waals surface area contributed by atoms with Crippen LogP contribution in [-0.2, 0) is 4.79 Å². The predicted molar refractivity (Wildman–Crippen MR) is 47.6 cm³/mol. The fourth-order valence-corrected chi connectivity index (χ4v) is 2.66. The van der Waals surface area contributed by atoms with Crippen LogP contribution in [0.25, 0.3) is 0 Å². The number of carbonyl (C=O) groups is 1. The maximum absolute atomic E-state index is 11.0. The Labute approximate surface area is 73.0 Å². The molecule has 1 N–H and O–H groups in total. The molecule has 0 aromatic heterocycles. The average Bonchev–Trinajstić information content (AvgIpc) is 2.64. The highest BCUT2D eigenvalue weighted by Crippen LogP contribution is 2.44. The molecule has 0 heterocycles. The second kappa shape index (κ2) is 2.92. The molecule has 0 aromatic rings. The molecule has 2 fully saturated rings. The van der Waals surface area contributed by atoms with Gasteiger partial charge in [0, 0.05) is 6.04 Å². The van der Waals surface area contributed by atoms with E-state index in [4.69, 9.17) is 0 Å². The molecule has 0 spiro atoms. The van der Waals surface area contributed by atoms with Crippen molar-refractivity contribution in [2.45, 2.75) is 31.7 Å². The largest absolute Gasteiger partial charge is 0.350 e. The highest BCUT2D eigenvalue weighted by Gasteiger charge is 2.39. The molecule has 1 amide bonds. The van der Waals surface area contributed by atoms with Gasteiger partial charge in [0.25, 0.3) is 0 Å². The van der Waals surface area contributed by atoms with Gasteiger partial charge in [0.2, 0.25) is 5.91 Å². The van der Waals surface area contributed by atoms with Crippen LogP contribution in [0.4, 0.5) is 0 Å². The van der Waals surface area contributed by atoms with Crippen LogP contribution in [-0.4, -0.2) is 11.9 Å². The smallest absolute Gasteiger partial charge is 0.243 e. The van der Waals surface area contributed by atoms with Gasteiger partial charge in [-0.1, -0.05) is 13.0 Å². The minimum Gasteiger partial charge on any atom is -0.350 e. The number of hydrogen-bond donors (Lipinski definition) is 1. The van der Waals surface area contributed by atoms with Crippen molar-refractivity contribution >= 4 is 5.91 Å². The third kappa shape index (κ3) is 1.26. The normalized spacial score (nSPS) is 38.2. The summed E-state index contributed by atoms with van der Waals surface area (Å²) in [6, 6.07) is 0.453. The van der Waals surface area contributed by atoms with E-state index in [1.54, 1.807) is 0 Å². The van der Waals surface area contributed by atoms with E-state index in [0.717, 1.165) is 11.8 Å². The Morgan fingerprint density at radius 1 is 1.42 bits per heavy atom. The number of rotatable bonds is 2. The van der Waals surface area contributed by atoms with E-state index in [1.165, 1.54) is 31.8 Å². The molecule has 12 heavy (non-hydrogen) atoms. The first-order valence-electron chi connectivity index (χ1n) is 4.72. The summed E-state index contributed by atoms with van der Waals surface area (Å²) in [6.07, 6.45) is 6.59. The van der Waals surface area contributed by atoms with Crippen molar-refractivity contribution < 1.29 is 4.79 Å². The SMILES string of the molecule is C=CC(=O)NC1C[C@@H]2CC[C@H]1C2. The average molecular weight is 165 g/mol. The van der Waals surface area contributed by atoms with Crippen LogP contribution < -0.4 is 5.32 Å². The van der Waals surface area contributed by atoms with E-state index < -0.39 is 0 Å². The fourth-order valence-electron chi connectivity index (χ4n) is 2.66. The quantitative estimate of drug-likeness (QED) is 0.617. The van der Waals surface area contributed by atoms with Crippen LogP contribution in [0.15, 0.2) is 12.7 Å². The molecule has 2 rings (SSSR count). The lowest BCUT2D eigenvalue weighted by Gasteiger charge is -2.21. The summed E-state index contributed by atoms with van der Waals surface area (Å²) >= 11 is 0. The van der Waals surface area contributed by atoms with Gasteiger partial charge in [-0.3, -0.25) is 4.79 Å². The molecular formula is C10H15NO. The Morgan fingerprint density at radius 2 is 2.25 bits per heavy atom. The summed E-state index contributed by atoms with van der Waals surface area (Å²) in [5, 5.41) is 3.00. The van der Waals surface area contributed by atoms with Gasteiger partial charge in [0.1, 0.15) is 0 Å². The van der Waals surface area contributed by atoms with Gasteiger partial charge >= 0.3 is 0 Å². The van der Waals surface area contributed by atoms with Gasteiger partial charge in [-0.05, 0) is 37.2 Å². The molecule has 0 saturated heterocycles. The molecule has 2 nitrogen and oxygen atoms in total. The van der Waals surface area contributed by atoms with Gasteiger partial charge in [0.15, 0.2) is 0 Å². The minimum absolute atomic E-state index is 0.00690. The molecule has 3 atom stereocenters. The maximum Gasteiger partial charge on any atom is 0.243 e. The van der Waals surface area contributed by atoms with E-state index in [-0.39, 0.29) is 5.91 Å². The zero-order valence-corrected chi connectivity index (χ0v) is 7.25. The van der Waals surface area contributed by atoms with Crippen LogP contribution in [0.3, 0.4) is 0 Å². The van der Waals surface area contributed by atoms with Crippen molar-refractivity contribution in [3.8, 4) is 0 Å².